The van der Waals surface area contributed by atoms with E-state index in [0.717, 1.165) is 17.8 Å². The van der Waals surface area contributed by atoms with Crippen LogP contribution in [-0.2, 0) is 16.6 Å². The van der Waals surface area contributed by atoms with Crippen molar-refractivity contribution in [3.63, 3.8) is 0 Å². The quantitative estimate of drug-likeness (QED) is 0.282. The van der Waals surface area contributed by atoms with Crippen LogP contribution in [0.1, 0.15) is 20.7 Å². The van der Waals surface area contributed by atoms with Crippen molar-refractivity contribution in [3.8, 4) is 0 Å². The summed E-state index contributed by atoms with van der Waals surface area (Å²) in [4.78, 5) is 46.3. The zero-order valence-electron chi connectivity index (χ0n) is 16.4. The number of anilines is 1. The Kier molecular flexibility index (Phi) is 6.74. The van der Waals surface area contributed by atoms with Crippen LogP contribution >= 0.6 is 11.8 Å². The van der Waals surface area contributed by atoms with Gasteiger partial charge in [-0.2, -0.15) is 0 Å². The number of nitro groups is 1. The Bertz CT molecular complexity index is 1190. The van der Waals surface area contributed by atoms with Gasteiger partial charge in [0.05, 0.1) is 15.4 Å². The van der Waals surface area contributed by atoms with E-state index >= 15 is 0 Å². The minimum atomic E-state index is -0.913. The molecule has 0 saturated carbocycles. The van der Waals surface area contributed by atoms with Gasteiger partial charge in [-0.25, -0.2) is 9.48 Å². The molecule has 0 radical (unpaired) electrons. The Morgan fingerprint density at radius 2 is 1.88 bits per heavy atom. The molecule has 13 nitrogen and oxygen atoms in total. The van der Waals surface area contributed by atoms with Crippen molar-refractivity contribution in [1.29, 1.82) is 0 Å². The Labute approximate surface area is 184 Å². The summed E-state index contributed by atoms with van der Waals surface area (Å²) in [5.41, 5.74) is 5.34. The summed E-state index contributed by atoms with van der Waals surface area (Å²) in [5.74, 6) is -2.16. The number of nitro benzene ring substituents is 1. The van der Waals surface area contributed by atoms with Crippen LogP contribution < -0.4 is 11.1 Å². The molecule has 164 valence electrons. The average molecular weight is 457 g/mol. The summed E-state index contributed by atoms with van der Waals surface area (Å²) in [7, 11) is 1.58. The van der Waals surface area contributed by atoms with E-state index in [1.54, 1.807) is 7.05 Å². The smallest absolute Gasteiger partial charge is 0.338 e. The fraction of sp³-hybridized carbons (Fsp3) is 0.111. The number of carbonyl (C=O) groups is 3. The van der Waals surface area contributed by atoms with Crippen molar-refractivity contribution in [3.05, 3.63) is 63.7 Å². The van der Waals surface area contributed by atoms with Gasteiger partial charge in [0, 0.05) is 24.4 Å². The lowest BCUT2D eigenvalue weighted by Gasteiger charge is -2.08. The second-order valence-corrected chi connectivity index (χ2v) is 7.20. The maximum atomic E-state index is 12.3. The second-order valence-electron chi connectivity index (χ2n) is 6.19. The number of aryl methyl sites for hydroxylation is 1. The molecule has 0 spiro atoms. The molecule has 3 aromatic rings. The fourth-order valence-electron chi connectivity index (χ4n) is 2.41. The van der Waals surface area contributed by atoms with Crippen molar-refractivity contribution in [2.75, 3.05) is 11.9 Å². The van der Waals surface area contributed by atoms with Gasteiger partial charge in [0.2, 0.25) is 11.1 Å². The molecule has 0 aliphatic rings. The molecule has 0 aliphatic carbocycles. The SMILES string of the molecule is Cn1nnnc1Sc1ccc(C(=O)OCC(=O)Nc2ccc(C(N)=O)cc2)cc1[N+](=O)[O-]. The van der Waals surface area contributed by atoms with Gasteiger partial charge in [-0.15, -0.1) is 5.10 Å². The van der Waals surface area contributed by atoms with Crippen LogP contribution in [-0.4, -0.2) is 49.5 Å². The first-order valence-corrected chi connectivity index (χ1v) is 9.61. The summed E-state index contributed by atoms with van der Waals surface area (Å²) in [6.07, 6.45) is 0. The molecular formula is C18H15N7O6S. The zero-order chi connectivity index (χ0) is 23.3. The Morgan fingerprint density at radius 3 is 2.47 bits per heavy atom. The highest BCUT2D eigenvalue weighted by Crippen LogP contribution is 2.34. The summed E-state index contributed by atoms with van der Waals surface area (Å²) in [6, 6.07) is 9.54. The molecule has 2 amide bonds. The number of nitrogens with two attached hydrogens (primary N) is 1. The van der Waals surface area contributed by atoms with Gasteiger partial charge < -0.3 is 15.8 Å². The predicted octanol–water partition coefficient (Wildman–Crippen LogP) is 1.16. The molecule has 0 atom stereocenters. The molecule has 0 fully saturated rings. The second kappa shape index (κ2) is 9.65. The normalized spacial score (nSPS) is 10.4. The van der Waals surface area contributed by atoms with Gasteiger partial charge in [0.1, 0.15) is 0 Å². The van der Waals surface area contributed by atoms with Crippen molar-refractivity contribution < 1.29 is 24.0 Å². The number of aromatic nitrogens is 4. The van der Waals surface area contributed by atoms with E-state index in [0.29, 0.717) is 10.8 Å². The molecule has 14 heteroatoms. The van der Waals surface area contributed by atoms with E-state index in [-0.39, 0.29) is 21.7 Å². The third-order valence-corrected chi connectivity index (χ3v) is 5.05. The highest BCUT2D eigenvalue weighted by Gasteiger charge is 2.21. The van der Waals surface area contributed by atoms with E-state index in [9.17, 15) is 24.5 Å². The van der Waals surface area contributed by atoms with Crippen LogP contribution in [0.15, 0.2) is 52.5 Å². The number of rotatable bonds is 8. The lowest BCUT2D eigenvalue weighted by molar-refractivity contribution is -0.387. The van der Waals surface area contributed by atoms with E-state index in [2.05, 4.69) is 20.8 Å². The third kappa shape index (κ3) is 5.42. The van der Waals surface area contributed by atoms with Crippen molar-refractivity contribution in [2.45, 2.75) is 10.1 Å². The highest BCUT2D eigenvalue weighted by atomic mass is 32.2. The van der Waals surface area contributed by atoms with Crippen molar-refractivity contribution in [2.24, 2.45) is 12.8 Å². The van der Waals surface area contributed by atoms with E-state index in [1.807, 2.05) is 0 Å². The highest BCUT2D eigenvalue weighted by molar-refractivity contribution is 7.99. The first-order chi connectivity index (χ1) is 15.2. The lowest BCUT2D eigenvalue weighted by Crippen LogP contribution is -2.21. The fourth-order valence-corrected chi connectivity index (χ4v) is 3.23. The summed E-state index contributed by atoms with van der Waals surface area (Å²) < 4.78 is 6.28. The van der Waals surface area contributed by atoms with Gasteiger partial charge in [-0.1, -0.05) is 0 Å². The van der Waals surface area contributed by atoms with Crippen LogP contribution in [0.3, 0.4) is 0 Å². The largest absolute Gasteiger partial charge is 0.452 e. The summed E-state index contributed by atoms with van der Waals surface area (Å²) in [5, 5.41) is 25.1. The number of benzene rings is 2. The first-order valence-electron chi connectivity index (χ1n) is 8.80. The van der Waals surface area contributed by atoms with Gasteiger partial charge in [-0.3, -0.25) is 19.7 Å². The molecule has 1 aromatic heterocycles. The van der Waals surface area contributed by atoms with Crippen LogP contribution in [0.25, 0.3) is 0 Å². The van der Waals surface area contributed by atoms with E-state index < -0.39 is 29.3 Å². The minimum absolute atomic E-state index is 0.101. The number of amides is 2. The monoisotopic (exact) mass is 457 g/mol. The molecule has 0 unspecified atom stereocenters. The summed E-state index contributed by atoms with van der Waals surface area (Å²) >= 11 is 0.958. The van der Waals surface area contributed by atoms with Crippen LogP contribution in [0.5, 0.6) is 0 Å². The number of ether oxygens (including phenoxy) is 1. The molecule has 1 heterocycles. The molecule has 0 aliphatic heterocycles. The standard InChI is InChI=1S/C18H15N7O6S/c1-24-18(21-22-23-24)32-14-7-4-11(8-13(14)25(29)30)17(28)31-9-15(26)20-12-5-2-10(3-6-12)16(19)27/h2-8H,9H2,1H3,(H2,19,27)(H,20,26). The van der Waals surface area contributed by atoms with Crippen molar-refractivity contribution in [1.82, 2.24) is 20.2 Å². The third-order valence-electron chi connectivity index (χ3n) is 3.96. The van der Waals surface area contributed by atoms with Gasteiger partial charge in [0.15, 0.2) is 6.61 Å². The zero-order valence-corrected chi connectivity index (χ0v) is 17.2. The average Bonchev–Trinajstić information content (AvgIpc) is 3.16. The number of esters is 1. The maximum Gasteiger partial charge on any atom is 0.338 e. The van der Waals surface area contributed by atoms with Gasteiger partial charge >= 0.3 is 5.97 Å². The molecule has 2 aromatic carbocycles. The number of nitrogens with zero attached hydrogens (tertiary/aromatic N) is 5. The minimum Gasteiger partial charge on any atom is -0.452 e. The van der Waals surface area contributed by atoms with E-state index in [1.165, 1.54) is 41.1 Å². The Hall–Kier alpha value is -4.33. The van der Waals surface area contributed by atoms with E-state index in [4.69, 9.17) is 10.5 Å². The number of hydrogen-bond donors (Lipinski definition) is 2. The number of hydrogen-bond acceptors (Lipinski definition) is 10. The van der Waals surface area contributed by atoms with Crippen LogP contribution in [0.2, 0.25) is 0 Å². The van der Waals surface area contributed by atoms with Crippen LogP contribution in [0, 0.1) is 10.1 Å². The van der Waals surface area contributed by atoms with Crippen LogP contribution in [0.4, 0.5) is 11.4 Å². The molecule has 3 N–H and O–H groups in total. The number of carbonyl (C=O) groups excluding carboxylic acids is 3. The Balaban J connectivity index is 1.63. The topological polar surface area (TPSA) is 185 Å². The molecule has 0 saturated heterocycles. The maximum absolute atomic E-state index is 12.3. The van der Waals surface area contributed by atoms with Gasteiger partial charge in [-0.05, 0) is 58.6 Å². The number of nitrogens with one attached hydrogen (secondary N) is 1. The molecule has 3 rings (SSSR count). The van der Waals surface area contributed by atoms with Gasteiger partial charge in [0.25, 0.3) is 11.6 Å². The number of tetrazole rings is 1. The van der Waals surface area contributed by atoms with Crippen molar-refractivity contribution >= 4 is 40.9 Å². The summed E-state index contributed by atoms with van der Waals surface area (Å²) in [6.45, 7) is -0.620. The first kappa shape index (κ1) is 22.4. The molecule has 0 bridgehead atoms. The Morgan fingerprint density at radius 1 is 1.19 bits per heavy atom. The lowest BCUT2D eigenvalue weighted by atomic mass is 10.2. The number of primary amides is 1. The predicted molar refractivity (Wildman–Crippen MR) is 110 cm³/mol. The molecular weight excluding hydrogens is 442 g/mol. The molecule has 32 heavy (non-hydrogen) atoms.